The van der Waals surface area contributed by atoms with Crippen LogP contribution in [0.5, 0.6) is 0 Å². The zero-order chi connectivity index (χ0) is 18.0. The molecule has 1 amide bonds. The molecule has 1 aliphatic carbocycles. The van der Waals surface area contributed by atoms with E-state index in [0.717, 1.165) is 49.1 Å². The van der Waals surface area contributed by atoms with E-state index in [9.17, 15) is 4.79 Å². The molecule has 1 saturated carbocycles. The number of aryl methyl sites for hydroxylation is 1. The number of rotatable bonds is 5. The summed E-state index contributed by atoms with van der Waals surface area (Å²) in [6, 6.07) is 12.2. The highest BCUT2D eigenvalue weighted by atomic mass is 16.5. The van der Waals surface area contributed by atoms with Crippen molar-refractivity contribution in [3.05, 3.63) is 53.4 Å². The van der Waals surface area contributed by atoms with Crippen LogP contribution in [0.15, 0.2) is 40.9 Å². The van der Waals surface area contributed by atoms with Gasteiger partial charge in [-0.15, -0.1) is 0 Å². The monoisotopic (exact) mass is 354 g/mol. The first-order valence-electron chi connectivity index (χ1n) is 9.54. The van der Waals surface area contributed by atoms with E-state index >= 15 is 0 Å². The molecule has 0 bridgehead atoms. The first-order chi connectivity index (χ1) is 12.7. The van der Waals surface area contributed by atoms with Crippen molar-refractivity contribution >= 4 is 5.91 Å². The van der Waals surface area contributed by atoms with Crippen LogP contribution in [-0.2, 0) is 21.4 Å². The summed E-state index contributed by atoms with van der Waals surface area (Å²) in [6.45, 7) is 3.12. The molecule has 2 atom stereocenters. The topological polar surface area (TPSA) is 64.4 Å². The highest BCUT2D eigenvalue weighted by Crippen LogP contribution is 2.41. The van der Waals surface area contributed by atoms with E-state index < -0.39 is 5.41 Å². The van der Waals surface area contributed by atoms with Crippen molar-refractivity contribution in [2.45, 2.75) is 50.5 Å². The second-order valence-electron chi connectivity index (χ2n) is 7.67. The van der Waals surface area contributed by atoms with Crippen molar-refractivity contribution in [1.29, 1.82) is 0 Å². The first-order valence-corrected chi connectivity index (χ1v) is 9.54. The molecular formula is C21H26N2O3. The zero-order valence-electron chi connectivity index (χ0n) is 15.2. The van der Waals surface area contributed by atoms with Gasteiger partial charge >= 0.3 is 0 Å². The maximum atomic E-state index is 13.3. The Balaban J connectivity index is 1.49. The van der Waals surface area contributed by atoms with Crippen LogP contribution in [0.25, 0.3) is 0 Å². The summed E-state index contributed by atoms with van der Waals surface area (Å²) in [6.07, 6.45) is 4.78. The molecule has 1 aromatic carbocycles. The summed E-state index contributed by atoms with van der Waals surface area (Å²) in [5, 5.41) is 7.27. The maximum absolute atomic E-state index is 13.3. The van der Waals surface area contributed by atoms with Crippen molar-refractivity contribution in [2.75, 3.05) is 13.2 Å². The van der Waals surface area contributed by atoms with Crippen LogP contribution in [0.3, 0.4) is 0 Å². The number of hydrogen-bond donors (Lipinski definition) is 1. The third-order valence-electron chi connectivity index (χ3n) is 5.87. The van der Waals surface area contributed by atoms with Crippen LogP contribution in [0.2, 0.25) is 0 Å². The Labute approximate surface area is 154 Å². The van der Waals surface area contributed by atoms with Crippen molar-refractivity contribution in [3.8, 4) is 0 Å². The van der Waals surface area contributed by atoms with E-state index in [1.165, 1.54) is 0 Å². The molecule has 26 heavy (non-hydrogen) atoms. The molecule has 1 aliphatic heterocycles. The van der Waals surface area contributed by atoms with Gasteiger partial charge < -0.3 is 14.6 Å². The molecule has 1 saturated heterocycles. The normalized spacial score (nSPS) is 24.7. The number of amides is 1. The third-order valence-corrected chi connectivity index (χ3v) is 5.87. The minimum atomic E-state index is -0.392. The summed E-state index contributed by atoms with van der Waals surface area (Å²) in [7, 11) is 0. The lowest BCUT2D eigenvalue weighted by atomic mass is 9.77. The molecule has 5 heteroatoms. The highest BCUT2D eigenvalue weighted by Gasteiger charge is 2.44. The average Bonchev–Trinajstić information content (AvgIpc) is 3.39. The Hall–Kier alpha value is -2.14. The molecule has 2 aliphatic rings. The standard InChI is InChI=1S/C21H26N2O3/c1-15-11-18(26-23-15)12-16-13-25-14-19(16)22-20(24)21(9-5-6-10-21)17-7-3-2-4-8-17/h2-4,7-8,11,16,19H,5-6,9-10,12-14H2,1H3,(H,22,24). The molecule has 5 nitrogen and oxygen atoms in total. The Morgan fingerprint density at radius 2 is 2.00 bits per heavy atom. The van der Waals surface area contributed by atoms with Gasteiger partial charge in [0.05, 0.1) is 30.4 Å². The largest absolute Gasteiger partial charge is 0.379 e. The summed E-state index contributed by atoms with van der Waals surface area (Å²) < 4.78 is 11.0. The number of carbonyl (C=O) groups excluding carboxylic acids is 1. The van der Waals surface area contributed by atoms with Gasteiger partial charge in [-0.25, -0.2) is 0 Å². The minimum Gasteiger partial charge on any atom is -0.379 e. The number of hydrogen-bond acceptors (Lipinski definition) is 4. The fourth-order valence-corrected chi connectivity index (χ4v) is 4.42. The molecule has 2 heterocycles. The molecule has 2 unspecified atom stereocenters. The lowest BCUT2D eigenvalue weighted by molar-refractivity contribution is -0.127. The molecule has 0 radical (unpaired) electrons. The summed E-state index contributed by atoms with van der Waals surface area (Å²) in [4.78, 5) is 13.3. The van der Waals surface area contributed by atoms with E-state index in [1.54, 1.807) is 0 Å². The number of ether oxygens (including phenoxy) is 1. The smallest absolute Gasteiger partial charge is 0.230 e. The van der Waals surface area contributed by atoms with E-state index in [2.05, 4.69) is 22.6 Å². The first kappa shape index (κ1) is 17.3. The molecule has 138 valence electrons. The van der Waals surface area contributed by atoms with Gasteiger partial charge in [-0.3, -0.25) is 4.79 Å². The lowest BCUT2D eigenvalue weighted by Gasteiger charge is -2.31. The second-order valence-corrected chi connectivity index (χ2v) is 7.67. The SMILES string of the molecule is Cc1cc(CC2COCC2NC(=O)C2(c3ccccc3)CCCC2)on1. The third kappa shape index (κ3) is 3.28. The van der Waals surface area contributed by atoms with Gasteiger partial charge in [0, 0.05) is 18.4 Å². The Kier molecular flexibility index (Phi) is 4.81. The van der Waals surface area contributed by atoms with Crippen molar-refractivity contribution in [1.82, 2.24) is 10.5 Å². The number of carbonyl (C=O) groups is 1. The van der Waals surface area contributed by atoms with Gasteiger partial charge in [0.15, 0.2) is 0 Å². The van der Waals surface area contributed by atoms with Crippen LogP contribution in [0, 0.1) is 12.8 Å². The van der Waals surface area contributed by atoms with Crippen LogP contribution < -0.4 is 5.32 Å². The van der Waals surface area contributed by atoms with E-state index in [4.69, 9.17) is 9.26 Å². The highest BCUT2D eigenvalue weighted by molar-refractivity contribution is 5.88. The molecule has 2 aromatic rings. The van der Waals surface area contributed by atoms with Crippen molar-refractivity contribution in [3.63, 3.8) is 0 Å². The fourth-order valence-electron chi connectivity index (χ4n) is 4.42. The Bertz CT molecular complexity index is 750. The van der Waals surface area contributed by atoms with Crippen LogP contribution >= 0.6 is 0 Å². The summed E-state index contributed by atoms with van der Waals surface area (Å²) >= 11 is 0. The zero-order valence-corrected chi connectivity index (χ0v) is 15.2. The van der Waals surface area contributed by atoms with Gasteiger partial charge in [0.1, 0.15) is 5.76 Å². The van der Waals surface area contributed by atoms with Gasteiger partial charge in [0.25, 0.3) is 0 Å². The van der Waals surface area contributed by atoms with Crippen LogP contribution in [0.1, 0.15) is 42.7 Å². The van der Waals surface area contributed by atoms with Crippen LogP contribution in [0.4, 0.5) is 0 Å². The number of benzene rings is 1. The van der Waals surface area contributed by atoms with Gasteiger partial charge in [0.2, 0.25) is 5.91 Å². The summed E-state index contributed by atoms with van der Waals surface area (Å²) in [5.41, 5.74) is 1.63. The van der Waals surface area contributed by atoms with Gasteiger partial charge in [-0.05, 0) is 25.3 Å². The number of aromatic nitrogens is 1. The van der Waals surface area contributed by atoms with Crippen LogP contribution in [-0.4, -0.2) is 30.3 Å². The molecule has 2 fully saturated rings. The van der Waals surface area contributed by atoms with E-state index in [-0.39, 0.29) is 17.9 Å². The maximum Gasteiger partial charge on any atom is 0.230 e. The quantitative estimate of drug-likeness (QED) is 0.896. The minimum absolute atomic E-state index is 0.0223. The molecule has 4 rings (SSSR count). The van der Waals surface area contributed by atoms with E-state index in [0.29, 0.717) is 13.2 Å². The molecule has 1 N–H and O–H groups in total. The molecule has 0 spiro atoms. The molecular weight excluding hydrogens is 328 g/mol. The molecule has 1 aromatic heterocycles. The van der Waals surface area contributed by atoms with Gasteiger partial charge in [-0.1, -0.05) is 48.3 Å². The van der Waals surface area contributed by atoms with E-state index in [1.807, 2.05) is 31.2 Å². The Morgan fingerprint density at radius 1 is 1.23 bits per heavy atom. The second kappa shape index (κ2) is 7.23. The van der Waals surface area contributed by atoms with Gasteiger partial charge in [-0.2, -0.15) is 0 Å². The number of nitrogens with one attached hydrogen (secondary N) is 1. The average molecular weight is 354 g/mol. The Morgan fingerprint density at radius 3 is 2.69 bits per heavy atom. The number of nitrogens with zero attached hydrogens (tertiary/aromatic N) is 1. The lowest BCUT2D eigenvalue weighted by Crippen LogP contribution is -2.49. The van der Waals surface area contributed by atoms with Crippen molar-refractivity contribution < 1.29 is 14.1 Å². The predicted molar refractivity (Wildman–Crippen MR) is 97.8 cm³/mol. The van der Waals surface area contributed by atoms with Crippen molar-refractivity contribution in [2.24, 2.45) is 5.92 Å². The predicted octanol–water partition coefficient (Wildman–Crippen LogP) is 3.17. The summed E-state index contributed by atoms with van der Waals surface area (Å²) in [5.74, 6) is 1.23. The fraction of sp³-hybridized carbons (Fsp3) is 0.524.